The molecular weight excluding hydrogens is 350 g/mol. The van der Waals surface area contributed by atoms with Gasteiger partial charge in [-0.05, 0) is 37.0 Å². The fraction of sp³-hybridized carbons (Fsp3) is 0.500. The molecule has 0 saturated carbocycles. The summed E-state index contributed by atoms with van der Waals surface area (Å²) >= 11 is 0. The van der Waals surface area contributed by atoms with Crippen molar-refractivity contribution in [2.24, 2.45) is 0 Å². The number of carbonyl (C=O) groups is 1. The third-order valence-electron chi connectivity index (χ3n) is 5.69. The number of nitrogens with one attached hydrogen (secondary N) is 1. The number of nitrogens with zero attached hydrogens (tertiary/aromatic N) is 4. The molecule has 28 heavy (non-hydrogen) atoms. The van der Waals surface area contributed by atoms with Gasteiger partial charge in [-0.15, -0.1) is 0 Å². The molecule has 6 heteroatoms. The molecule has 148 valence electrons. The molecule has 0 spiro atoms. The topological polar surface area (TPSA) is 61.4 Å². The Morgan fingerprint density at radius 2 is 1.89 bits per heavy atom. The molecule has 6 nitrogen and oxygen atoms in total. The third-order valence-corrected chi connectivity index (χ3v) is 5.69. The Labute approximate surface area is 167 Å². The van der Waals surface area contributed by atoms with Gasteiger partial charge in [0.2, 0.25) is 0 Å². The lowest BCUT2D eigenvalue weighted by Crippen LogP contribution is -2.39. The average Bonchev–Trinajstić information content (AvgIpc) is 3.02. The van der Waals surface area contributed by atoms with Crippen molar-refractivity contribution in [2.45, 2.75) is 52.0 Å². The van der Waals surface area contributed by atoms with Crippen LogP contribution in [0.25, 0.3) is 0 Å². The lowest BCUT2D eigenvalue weighted by Gasteiger charge is -2.30. The first kappa shape index (κ1) is 18.7. The van der Waals surface area contributed by atoms with Crippen LogP contribution in [0.1, 0.15) is 49.7 Å². The highest BCUT2D eigenvalue weighted by Crippen LogP contribution is 2.28. The van der Waals surface area contributed by atoms with E-state index in [-0.39, 0.29) is 6.03 Å². The maximum absolute atomic E-state index is 13.0. The molecule has 2 amide bonds. The van der Waals surface area contributed by atoms with E-state index in [4.69, 9.17) is 0 Å². The number of fused-ring (bicyclic) bond motifs is 1. The van der Waals surface area contributed by atoms with Crippen molar-refractivity contribution in [3.8, 4) is 0 Å². The van der Waals surface area contributed by atoms with Gasteiger partial charge in [-0.25, -0.2) is 14.8 Å². The van der Waals surface area contributed by atoms with Crippen LogP contribution in [0.4, 0.5) is 16.2 Å². The largest absolute Gasteiger partial charge is 0.370 e. The summed E-state index contributed by atoms with van der Waals surface area (Å²) in [5.41, 5.74) is 4.17. The molecular formula is C22H29N5O. The molecule has 0 aliphatic carbocycles. The molecule has 0 atom stereocenters. The van der Waals surface area contributed by atoms with Gasteiger partial charge in [0.05, 0.1) is 23.6 Å². The van der Waals surface area contributed by atoms with Crippen LogP contribution in [-0.2, 0) is 19.4 Å². The number of rotatable bonds is 3. The van der Waals surface area contributed by atoms with Crippen molar-refractivity contribution >= 4 is 17.4 Å². The Morgan fingerprint density at radius 1 is 1.11 bits per heavy atom. The molecule has 3 heterocycles. The number of benzene rings is 1. The lowest BCUT2D eigenvalue weighted by atomic mass is 10.1. The normalized spacial score (nSPS) is 17.0. The quantitative estimate of drug-likeness (QED) is 0.875. The molecule has 2 aromatic rings. The van der Waals surface area contributed by atoms with Crippen LogP contribution in [0.3, 0.4) is 0 Å². The highest BCUT2D eigenvalue weighted by Gasteiger charge is 2.23. The van der Waals surface area contributed by atoms with E-state index >= 15 is 0 Å². The van der Waals surface area contributed by atoms with E-state index in [0.29, 0.717) is 13.1 Å². The van der Waals surface area contributed by atoms with Gasteiger partial charge in [0, 0.05) is 32.3 Å². The van der Waals surface area contributed by atoms with E-state index in [1.807, 2.05) is 23.2 Å². The molecule has 4 rings (SSSR count). The molecule has 1 aromatic heterocycles. The number of aryl methyl sites for hydroxylation is 1. The monoisotopic (exact) mass is 379 g/mol. The van der Waals surface area contributed by atoms with E-state index in [1.165, 1.54) is 25.7 Å². The van der Waals surface area contributed by atoms with Crippen LogP contribution in [0, 0.1) is 0 Å². The van der Waals surface area contributed by atoms with Crippen molar-refractivity contribution in [1.82, 2.24) is 14.9 Å². The van der Waals surface area contributed by atoms with E-state index in [1.54, 1.807) is 0 Å². The minimum Gasteiger partial charge on any atom is -0.370 e. The highest BCUT2D eigenvalue weighted by molar-refractivity contribution is 5.93. The molecule has 0 unspecified atom stereocenters. The van der Waals surface area contributed by atoms with Crippen LogP contribution in [0.2, 0.25) is 0 Å². The maximum atomic E-state index is 13.0. The third kappa shape index (κ3) is 4.11. The standard InChI is InChI=1S/C22H29N5O/c1-2-21-23-15-17-11-14-27(16-19(17)24-21)22(28)25-18-9-5-6-10-20(18)26-12-7-3-4-8-13-26/h5-6,9-10,15H,2-4,7-8,11-14,16H2,1H3,(H,25,28). The Bertz CT molecular complexity index is 829. The molecule has 2 aliphatic rings. The molecule has 1 fully saturated rings. The highest BCUT2D eigenvalue weighted by atomic mass is 16.2. The number of para-hydroxylation sites is 2. The molecule has 1 N–H and O–H groups in total. The Morgan fingerprint density at radius 3 is 2.68 bits per heavy atom. The van der Waals surface area contributed by atoms with Crippen molar-refractivity contribution in [3.63, 3.8) is 0 Å². The van der Waals surface area contributed by atoms with Crippen LogP contribution in [-0.4, -0.2) is 40.5 Å². The number of amides is 2. The summed E-state index contributed by atoms with van der Waals surface area (Å²) in [4.78, 5) is 26.3. The van der Waals surface area contributed by atoms with Gasteiger partial charge >= 0.3 is 6.03 Å². The minimum absolute atomic E-state index is 0.0513. The number of hydrogen-bond donors (Lipinski definition) is 1. The first-order valence-electron chi connectivity index (χ1n) is 10.5. The lowest BCUT2D eigenvalue weighted by molar-refractivity contribution is 0.205. The Balaban J connectivity index is 1.48. The van der Waals surface area contributed by atoms with E-state index in [0.717, 1.165) is 54.4 Å². The second-order valence-electron chi connectivity index (χ2n) is 7.63. The minimum atomic E-state index is -0.0513. The Hall–Kier alpha value is -2.63. The SMILES string of the molecule is CCc1ncc2c(n1)CN(C(=O)Nc1ccccc1N1CCCCCC1)CC2. The van der Waals surface area contributed by atoms with Gasteiger partial charge in [0.15, 0.2) is 0 Å². The first-order chi connectivity index (χ1) is 13.7. The molecule has 0 bridgehead atoms. The number of aromatic nitrogens is 2. The fourth-order valence-corrected chi connectivity index (χ4v) is 4.05. The van der Waals surface area contributed by atoms with Crippen LogP contribution in [0.15, 0.2) is 30.5 Å². The summed E-state index contributed by atoms with van der Waals surface area (Å²) in [6.45, 7) is 5.40. The Kier molecular flexibility index (Phi) is 5.74. The zero-order valence-corrected chi connectivity index (χ0v) is 16.7. The van der Waals surface area contributed by atoms with Gasteiger partial charge < -0.3 is 15.1 Å². The molecule has 1 saturated heterocycles. The van der Waals surface area contributed by atoms with Gasteiger partial charge in [0.25, 0.3) is 0 Å². The van der Waals surface area contributed by atoms with Crippen molar-refractivity contribution in [2.75, 3.05) is 29.9 Å². The van der Waals surface area contributed by atoms with Gasteiger partial charge in [-0.2, -0.15) is 0 Å². The molecule has 2 aliphatic heterocycles. The second kappa shape index (κ2) is 8.59. The molecule has 0 radical (unpaired) electrons. The van der Waals surface area contributed by atoms with Crippen LogP contribution >= 0.6 is 0 Å². The zero-order chi connectivity index (χ0) is 19.3. The summed E-state index contributed by atoms with van der Waals surface area (Å²) < 4.78 is 0. The second-order valence-corrected chi connectivity index (χ2v) is 7.63. The fourth-order valence-electron chi connectivity index (χ4n) is 4.05. The average molecular weight is 380 g/mol. The van der Waals surface area contributed by atoms with Gasteiger partial charge in [-0.3, -0.25) is 0 Å². The summed E-state index contributed by atoms with van der Waals surface area (Å²) in [6, 6.07) is 8.12. The summed E-state index contributed by atoms with van der Waals surface area (Å²) in [7, 11) is 0. The summed E-state index contributed by atoms with van der Waals surface area (Å²) in [5.74, 6) is 0.840. The molecule has 1 aromatic carbocycles. The zero-order valence-electron chi connectivity index (χ0n) is 16.7. The van der Waals surface area contributed by atoms with E-state index in [9.17, 15) is 4.79 Å². The maximum Gasteiger partial charge on any atom is 0.322 e. The number of urea groups is 1. The van der Waals surface area contributed by atoms with Crippen molar-refractivity contribution < 1.29 is 4.79 Å². The smallest absolute Gasteiger partial charge is 0.322 e. The number of anilines is 2. The predicted molar refractivity (Wildman–Crippen MR) is 112 cm³/mol. The van der Waals surface area contributed by atoms with Gasteiger partial charge in [0.1, 0.15) is 5.82 Å². The first-order valence-corrected chi connectivity index (χ1v) is 10.5. The number of carbonyl (C=O) groups excluding carboxylic acids is 1. The summed E-state index contributed by atoms with van der Waals surface area (Å²) in [6.07, 6.45) is 8.54. The van der Waals surface area contributed by atoms with Crippen molar-refractivity contribution in [1.29, 1.82) is 0 Å². The summed E-state index contributed by atoms with van der Waals surface area (Å²) in [5, 5.41) is 3.16. The van der Waals surface area contributed by atoms with Crippen molar-refractivity contribution in [3.05, 3.63) is 47.5 Å². The van der Waals surface area contributed by atoms with E-state index < -0.39 is 0 Å². The van der Waals surface area contributed by atoms with E-state index in [2.05, 4.69) is 39.2 Å². The van der Waals surface area contributed by atoms with Crippen LogP contribution in [0.5, 0.6) is 0 Å². The van der Waals surface area contributed by atoms with Crippen LogP contribution < -0.4 is 10.2 Å². The predicted octanol–water partition coefficient (Wildman–Crippen LogP) is 4.01. The van der Waals surface area contributed by atoms with Gasteiger partial charge in [-0.1, -0.05) is 31.9 Å². The number of hydrogen-bond acceptors (Lipinski definition) is 4.